The van der Waals surface area contributed by atoms with Crippen molar-refractivity contribution in [2.24, 2.45) is 5.92 Å². The fraction of sp³-hybridized carbons (Fsp3) is 0.938. The Labute approximate surface area is 123 Å². The Balaban J connectivity index is 1.99. The molecule has 1 saturated carbocycles. The van der Waals surface area contributed by atoms with Gasteiger partial charge in [-0.15, -0.1) is 0 Å². The maximum absolute atomic E-state index is 12.2. The van der Waals surface area contributed by atoms with Gasteiger partial charge in [-0.2, -0.15) is 0 Å². The number of carbonyl (C=O) groups is 1. The van der Waals surface area contributed by atoms with Crippen LogP contribution in [0.2, 0.25) is 0 Å². The highest BCUT2D eigenvalue weighted by Gasteiger charge is 2.36. The molecule has 0 radical (unpaired) electrons. The molecule has 1 amide bonds. The fourth-order valence-corrected chi connectivity index (χ4v) is 3.76. The number of nitrogens with zero attached hydrogens (tertiary/aromatic N) is 2. The van der Waals surface area contributed by atoms with Crippen LogP contribution in [-0.2, 0) is 4.79 Å². The van der Waals surface area contributed by atoms with Crippen molar-refractivity contribution in [2.75, 3.05) is 26.7 Å². The van der Waals surface area contributed by atoms with Crippen LogP contribution in [0, 0.1) is 5.92 Å². The molecule has 1 heterocycles. The number of hydrogen-bond acceptors (Lipinski definition) is 3. The van der Waals surface area contributed by atoms with E-state index in [0.717, 1.165) is 38.8 Å². The highest BCUT2D eigenvalue weighted by Crippen LogP contribution is 2.33. The highest BCUT2D eigenvalue weighted by atomic mass is 16.3. The quantitative estimate of drug-likeness (QED) is 0.856. The van der Waals surface area contributed by atoms with E-state index in [1.165, 1.54) is 19.3 Å². The predicted octanol–water partition coefficient (Wildman–Crippen LogP) is 1.87. The summed E-state index contributed by atoms with van der Waals surface area (Å²) in [5.74, 6) is 0.591. The third kappa shape index (κ3) is 3.73. The Morgan fingerprint density at radius 3 is 2.60 bits per heavy atom. The summed E-state index contributed by atoms with van der Waals surface area (Å²) in [5.41, 5.74) is 0. The van der Waals surface area contributed by atoms with E-state index in [0.29, 0.717) is 18.5 Å². The lowest BCUT2D eigenvalue weighted by Gasteiger charge is -2.43. The third-order valence-corrected chi connectivity index (χ3v) is 5.18. The molecule has 0 aromatic carbocycles. The average molecular weight is 282 g/mol. The first-order valence-electron chi connectivity index (χ1n) is 8.29. The molecule has 20 heavy (non-hydrogen) atoms. The van der Waals surface area contributed by atoms with Crippen molar-refractivity contribution in [3.8, 4) is 0 Å². The Morgan fingerprint density at radius 1 is 1.20 bits per heavy atom. The first-order valence-corrected chi connectivity index (χ1v) is 8.29. The molecule has 1 aliphatic carbocycles. The molecule has 4 nitrogen and oxygen atoms in total. The van der Waals surface area contributed by atoms with Crippen molar-refractivity contribution < 1.29 is 9.90 Å². The second-order valence-electron chi connectivity index (χ2n) is 6.46. The van der Waals surface area contributed by atoms with Gasteiger partial charge in [0.15, 0.2) is 0 Å². The number of amides is 1. The smallest absolute Gasteiger partial charge is 0.236 e. The van der Waals surface area contributed by atoms with Gasteiger partial charge >= 0.3 is 0 Å². The number of carbonyl (C=O) groups excluding carboxylic acids is 1. The Bertz CT molecular complexity index is 322. The molecule has 0 bridgehead atoms. The number of piperidine rings is 1. The van der Waals surface area contributed by atoms with Crippen LogP contribution in [0.3, 0.4) is 0 Å². The van der Waals surface area contributed by atoms with E-state index in [1.54, 1.807) is 4.90 Å². The zero-order valence-corrected chi connectivity index (χ0v) is 13.1. The molecule has 0 aromatic heterocycles. The Kier molecular flexibility index (Phi) is 5.85. The van der Waals surface area contributed by atoms with Crippen molar-refractivity contribution >= 4 is 5.91 Å². The molecule has 2 rings (SSSR count). The maximum Gasteiger partial charge on any atom is 0.236 e. The molecule has 1 saturated heterocycles. The second kappa shape index (κ2) is 7.41. The van der Waals surface area contributed by atoms with Crippen molar-refractivity contribution in [2.45, 2.75) is 64.0 Å². The monoisotopic (exact) mass is 282 g/mol. The maximum atomic E-state index is 12.2. The zero-order chi connectivity index (χ0) is 14.5. The van der Waals surface area contributed by atoms with E-state index in [9.17, 15) is 9.90 Å². The van der Waals surface area contributed by atoms with E-state index in [1.807, 2.05) is 14.0 Å². The second-order valence-corrected chi connectivity index (χ2v) is 6.46. The van der Waals surface area contributed by atoms with Crippen molar-refractivity contribution in [3.05, 3.63) is 0 Å². The molecule has 116 valence electrons. The van der Waals surface area contributed by atoms with Gasteiger partial charge in [0.25, 0.3) is 0 Å². The summed E-state index contributed by atoms with van der Waals surface area (Å²) in [6.45, 7) is 4.31. The van der Waals surface area contributed by atoms with Gasteiger partial charge in [-0.3, -0.25) is 9.69 Å². The summed E-state index contributed by atoms with van der Waals surface area (Å²) >= 11 is 0. The lowest BCUT2D eigenvalue weighted by Crippen LogP contribution is -2.51. The van der Waals surface area contributed by atoms with Crippen LogP contribution in [0.15, 0.2) is 0 Å². The molecule has 2 fully saturated rings. The zero-order valence-electron chi connectivity index (χ0n) is 13.1. The fourth-order valence-electron chi connectivity index (χ4n) is 3.76. The number of aliphatic hydroxyl groups is 1. The minimum atomic E-state index is -0.159. The number of likely N-dealkylation sites (N-methyl/N-ethyl adjacent to an activating group) is 1. The lowest BCUT2D eigenvalue weighted by atomic mass is 9.78. The highest BCUT2D eigenvalue weighted by molar-refractivity contribution is 5.78. The van der Waals surface area contributed by atoms with Gasteiger partial charge in [-0.25, -0.2) is 0 Å². The van der Waals surface area contributed by atoms with Crippen LogP contribution in [-0.4, -0.2) is 59.6 Å². The Morgan fingerprint density at radius 2 is 1.90 bits per heavy atom. The topological polar surface area (TPSA) is 43.8 Å². The minimum absolute atomic E-state index is 0.159. The first-order chi connectivity index (χ1) is 9.63. The molecule has 3 unspecified atom stereocenters. The van der Waals surface area contributed by atoms with Crippen LogP contribution < -0.4 is 0 Å². The van der Waals surface area contributed by atoms with Crippen LogP contribution in [0.4, 0.5) is 0 Å². The van der Waals surface area contributed by atoms with Gasteiger partial charge in [-0.05, 0) is 39.2 Å². The van der Waals surface area contributed by atoms with Gasteiger partial charge < -0.3 is 10.0 Å². The summed E-state index contributed by atoms with van der Waals surface area (Å²) in [7, 11) is 1.87. The number of aliphatic hydroxyl groups excluding tert-OH is 1. The normalized spacial score (nSPS) is 32.0. The van der Waals surface area contributed by atoms with Crippen LogP contribution in [0.1, 0.15) is 51.9 Å². The minimum Gasteiger partial charge on any atom is -0.393 e. The van der Waals surface area contributed by atoms with E-state index in [-0.39, 0.29) is 12.0 Å². The van der Waals surface area contributed by atoms with E-state index in [2.05, 4.69) is 4.90 Å². The summed E-state index contributed by atoms with van der Waals surface area (Å²) in [6, 6.07) is 0.410. The molecule has 4 heteroatoms. The van der Waals surface area contributed by atoms with Gasteiger partial charge in [0.2, 0.25) is 5.91 Å². The molecule has 1 aliphatic heterocycles. The lowest BCUT2D eigenvalue weighted by molar-refractivity contribution is -0.133. The van der Waals surface area contributed by atoms with Crippen LogP contribution >= 0.6 is 0 Å². The number of rotatable bonds is 4. The molecule has 1 N–H and O–H groups in total. The molecular weight excluding hydrogens is 252 g/mol. The van der Waals surface area contributed by atoms with Crippen molar-refractivity contribution in [1.29, 1.82) is 0 Å². The summed E-state index contributed by atoms with van der Waals surface area (Å²) in [5, 5.41) is 10.3. The van der Waals surface area contributed by atoms with E-state index >= 15 is 0 Å². The predicted molar refractivity (Wildman–Crippen MR) is 80.5 cm³/mol. The van der Waals surface area contributed by atoms with Crippen molar-refractivity contribution in [1.82, 2.24) is 9.80 Å². The third-order valence-electron chi connectivity index (χ3n) is 5.18. The number of likely N-dealkylation sites (tertiary alicyclic amines) is 1. The average Bonchev–Trinajstić information content (AvgIpc) is 2.47. The Hall–Kier alpha value is -0.610. The van der Waals surface area contributed by atoms with Gasteiger partial charge in [0, 0.05) is 25.6 Å². The molecule has 0 spiro atoms. The summed E-state index contributed by atoms with van der Waals surface area (Å²) in [6.07, 6.45) is 7.86. The van der Waals surface area contributed by atoms with Gasteiger partial charge in [-0.1, -0.05) is 19.3 Å². The van der Waals surface area contributed by atoms with Crippen molar-refractivity contribution in [3.63, 3.8) is 0 Å². The van der Waals surface area contributed by atoms with E-state index in [4.69, 9.17) is 0 Å². The molecule has 2 aliphatic rings. The van der Waals surface area contributed by atoms with Crippen LogP contribution in [0.25, 0.3) is 0 Å². The first kappa shape index (κ1) is 15.8. The molecule has 3 atom stereocenters. The summed E-state index contributed by atoms with van der Waals surface area (Å²) < 4.78 is 0. The standard InChI is InChI=1S/C16H30N2O2/c1-3-17(2)16(20)12-18-11-7-6-9-14(18)13-8-4-5-10-15(13)19/h13-15,19H,3-12H2,1-2H3. The van der Waals surface area contributed by atoms with Gasteiger partial charge in [0.1, 0.15) is 0 Å². The largest absolute Gasteiger partial charge is 0.393 e. The van der Waals surface area contributed by atoms with Gasteiger partial charge in [0.05, 0.1) is 12.6 Å². The van der Waals surface area contributed by atoms with E-state index < -0.39 is 0 Å². The molecule has 0 aromatic rings. The molecular formula is C16H30N2O2. The summed E-state index contributed by atoms with van der Waals surface area (Å²) in [4.78, 5) is 16.3. The number of hydrogen-bond donors (Lipinski definition) is 1. The van der Waals surface area contributed by atoms with Crippen LogP contribution in [0.5, 0.6) is 0 Å². The SMILES string of the molecule is CCN(C)C(=O)CN1CCCCC1C1CCCCC1O.